The highest BCUT2D eigenvalue weighted by Crippen LogP contribution is 2.54. The zero-order valence-electron chi connectivity index (χ0n) is 18.7. The fourth-order valence-corrected chi connectivity index (χ4v) is 4.73. The third-order valence-electron chi connectivity index (χ3n) is 5.90. The van der Waals surface area contributed by atoms with E-state index in [4.69, 9.17) is 14.2 Å². The number of hydrogen-bond acceptors (Lipinski definition) is 5. The molecule has 3 unspecified atom stereocenters. The summed E-state index contributed by atoms with van der Waals surface area (Å²) < 4.78 is 16.3. The Bertz CT molecular complexity index is 813. The zero-order valence-corrected chi connectivity index (χ0v) is 18.7. The van der Waals surface area contributed by atoms with Crippen molar-refractivity contribution >= 4 is 11.9 Å². The Morgan fingerprint density at radius 3 is 1.90 bits per heavy atom. The van der Waals surface area contributed by atoms with Gasteiger partial charge in [-0.15, -0.1) is 0 Å². The van der Waals surface area contributed by atoms with E-state index in [2.05, 4.69) is 0 Å². The van der Waals surface area contributed by atoms with Crippen LogP contribution in [0.25, 0.3) is 0 Å². The highest BCUT2D eigenvalue weighted by Gasteiger charge is 2.53. The van der Waals surface area contributed by atoms with Gasteiger partial charge in [0.25, 0.3) is 0 Å². The van der Waals surface area contributed by atoms with E-state index in [9.17, 15) is 19.8 Å². The molecule has 166 valence electrons. The van der Waals surface area contributed by atoms with Gasteiger partial charge in [-0.05, 0) is 35.4 Å². The van der Waals surface area contributed by atoms with Gasteiger partial charge in [-0.25, -0.2) is 0 Å². The molecule has 7 heteroatoms. The van der Waals surface area contributed by atoms with Crippen LogP contribution in [0, 0.1) is 23.2 Å². The summed E-state index contributed by atoms with van der Waals surface area (Å²) in [6.07, 6.45) is 2.40. The van der Waals surface area contributed by atoms with Gasteiger partial charge >= 0.3 is 11.9 Å². The molecular formula is C23H32O7. The van der Waals surface area contributed by atoms with Crippen molar-refractivity contribution in [2.24, 2.45) is 23.2 Å². The monoisotopic (exact) mass is 420 g/mol. The number of rotatable bonds is 8. The smallest absolute Gasteiger partial charge is 0.311 e. The maximum Gasteiger partial charge on any atom is 0.311 e. The number of aliphatic carboxylic acids is 2. The van der Waals surface area contributed by atoms with Crippen LogP contribution in [0.3, 0.4) is 0 Å². The first-order valence-corrected chi connectivity index (χ1v) is 9.95. The largest absolute Gasteiger partial charge is 0.493 e. The van der Waals surface area contributed by atoms with E-state index in [1.165, 1.54) is 21.3 Å². The molecule has 0 fully saturated rings. The lowest BCUT2D eigenvalue weighted by Gasteiger charge is -2.45. The fourth-order valence-electron chi connectivity index (χ4n) is 4.73. The molecule has 1 aromatic carbocycles. The van der Waals surface area contributed by atoms with Crippen LogP contribution >= 0.6 is 0 Å². The minimum Gasteiger partial charge on any atom is -0.493 e. The van der Waals surface area contributed by atoms with Crippen LogP contribution < -0.4 is 14.2 Å². The lowest BCUT2D eigenvalue weighted by Crippen LogP contribution is -2.47. The summed E-state index contributed by atoms with van der Waals surface area (Å²) >= 11 is 0. The minimum atomic E-state index is -1.04. The van der Waals surface area contributed by atoms with Crippen molar-refractivity contribution in [3.05, 3.63) is 29.3 Å². The number of carboxylic acid groups (broad SMARTS) is 2. The van der Waals surface area contributed by atoms with Gasteiger partial charge < -0.3 is 24.4 Å². The molecule has 0 radical (unpaired) electrons. The van der Waals surface area contributed by atoms with Crippen molar-refractivity contribution in [3.8, 4) is 17.2 Å². The van der Waals surface area contributed by atoms with Gasteiger partial charge in [0.05, 0.1) is 33.2 Å². The predicted molar refractivity (Wildman–Crippen MR) is 112 cm³/mol. The molecule has 0 aliphatic heterocycles. The van der Waals surface area contributed by atoms with Crippen molar-refractivity contribution in [3.63, 3.8) is 0 Å². The van der Waals surface area contributed by atoms with Gasteiger partial charge in [0.15, 0.2) is 11.5 Å². The van der Waals surface area contributed by atoms with Crippen LogP contribution in [-0.4, -0.2) is 43.5 Å². The maximum atomic E-state index is 12.4. The minimum absolute atomic E-state index is 0.232. The SMILES string of the molecule is COc1cc(C2C=C(CC(C)C)C(C(=O)O)C(C)(C)C2C(=O)O)cc(OC)c1OC. The molecule has 0 spiro atoms. The molecular weight excluding hydrogens is 388 g/mol. The highest BCUT2D eigenvalue weighted by atomic mass is 16.5. The predicted octanol–water partition coefficient (Wildman–Crippen LogP) is 4.21. The number of ether oxygens (including phenoxy) is 3. The highest BCUT2D eigenvalue weighted by molar-refractivity contribution is 5.80. The summed E-state index contributed by atoms with van der Waals surface area (Å²) in [4.78, 5) is 24.5. The van der Waals surface area contributed by atoms with Crippen LogP contribution in [0.2, 0.25) is 0 Å². The number of carboxylic acids is 2. The van der Waals surface area contributed by atoms with E-state index >= 15 is 0 Å². The van der Waals surface area contributed by atoms with Crippen LogP contribution in [0.4, 0.5) is 0 Å². The van der Waals surface area contributed by atoms with Crippen molar-refractivity contribution < 1.29 is 34.0 Å². The van der Waals surface area contributed by atoms with E-state index in [0.29, 0.717) is 29.2 Å². The second-order valence-corrected chi connectivity index (χ2v) is 8.73. The van der Waals surface area contributed by atoms with Gasteiger partial charge in [-0.3, -0.25) is 9.59 Å². The topological polar surface area (TPSA) is 102 Å². The summed E-state index contributed by atoms with van der Waals surface area (Å²) in [5.41, 5.74) is 0.413. The molecule has 3 atom stereocenters. The Kier molecular flexibility index (Phi) is 7.06. The van der Waals surface area contributed by atoms with Crippen molar-refractivity contribution in [2.75, 3.05) is 21.3 Å². The quantitative estimate of drug-likeness (QED) is 0.607. The second kappa shape index (κ2) is 8.98. The first-order valence-electron chi connectivity index (χ1n) is 9.95. The number of allylic oxidation sites excluding steroid dienone is 1. The van der Waals surface area contributed by atoms with Crippen molar-refractivity contribution in [1.82, 2.24) is 0 Å². The molecule has 1 aromatic rings. The Balaban J connectivity index is 2.79. The lowest BCUT2D eigenvalue weighted by atomic mass is 9.56. The van der Waals surface area contributed by atoms with Crippen molar-refractivity contribution in [2.45, 2.75) is 40.0 Å². The molecule has 0 amide bonds. The Morgan fingerprint density at radius 2 is 1.53 bits per heavy atom. The van der Waals surface area contributed by atoms with Crippen molar-refractivity contribution in [1.29, 1.82) is 0 Å². The lowest BCUT2D eigenvalue weighted by molar-refractivity contribution is -0.154. The van der Waals surface area contributed by atoms with E-state index in [0.717, 1.165) is 5.57 Å². The first kappa shape index (κ1) is 23.6. The molecule has 0 saturated carbocycles. The van der Waals surface area contributed by atoms with E-state index in [1.54, 1.807) is 26.0 Å². The molecule has 30 heavy (non-hydrogen) atoms. The van der Waals surface area contributed by atoms with Gasteiger partial charge in [-0.2, -0.15) is 0 Å². The summed E-state index contributed by atoms with van der Waals surface area (Å²) in [6.45, 7) is 7.49. The molecule has 1 aliphatic rings. The maximum absolute atomic E-state index is 12.4. The van der Waals surface area contributed by atoms with Crippen LogP contribution in [0.15, 0.2) is 23.8 Å². The number of benzene rings is 1. The molecule has 0 bridgehead atoms. The van der Waals surface area contributed by atoms with E-state index < -0.39 is 35.1 Å². The van der Waals surface area contributed by atoms with E-state index in [1.807, 2.05) is 19.9 Å². The summed E-state index contributed by atoms with van der Waals surface area (Å²) in [5, 5.41) is 20.1. The third-order valence-corrected chi connectivity index (χ3v) is 5.90. The summed E-state index contributed by atoms with van der Waals surface area (Å²) in [7, 11) is 4.50. The zero-order chi connectivity index (χ0) is 22.8. The molecule has 2 N–H and O–H groups in total. The molecule has 0 aromatic heterocycles. The van der Waals surface area contributed by atoms with Crippen LogP contribution in [0.5, 0.6) is 17.2 Å². The van der Waals surface area contributed by atoms with E-state index in [-0.39, 0.29) is 5.92 Å². The molecule has 1 aliphatic carbocycles. The van der Waals surface area contributed by atoms with Gasteiger partial charge in [0.1, 0.15) is 0 Å². The average molecular weight is 421 g/mol. The van der Waals surface area contributed by atoms with Gasteiger partial charge in [-0.1, -0.05) is 39.3 Å². The third kappa shape index (κ3) is 4.25. The number of methoxy groups -OCH3 is 3. The first-order chi connectivity index (χ1) is 14.0. The average Bonchev–Trinajstić information content (AvgIpc) is 2.64. The molecule has 0 heterocycles. The molecule has 0 saturated heterocycles. The summed E-state index contributed by atoms with van der Waals surface area (Å²) in [6, 6.07) is 3.48. The Labute approximate surface area is 177 Å². The van der Waals surface area contributed by atoms with Gasteiger partial charge in [0, 0.05) is 5.92 Å². The number of carbonyl (C=O) groups is 2. The Morgan fingerprint density at radius 1 is 1.00 bits per heavy atom. The van der Waals surface area contributed by atoms with Crippen LogP contribution in [0.1, 0.15) is 45.6 Å². The molecule has 2 rings (SSSR count). The van der Waals surface area contributed by atoms with Crippen LogP contribution in [-0.2, 0) is 9.59 Å². The fraction of sp³-hybridized carbons (Fsp3) is 0.565. The Hall–Kier alpha value is -2.70. The summed E-state index contributed by atoms with van der Waals surface area (Å²) in [5.74, 6) is -2.91. The standard InChI is InChI=1S/C23H32O7/c1-12(2)8-14-9-15(19(22(26)27)23(3,4)18(14)21(24)25)13-10-16(28-5)20(30-7)17(11-13)29-6/h9-12,15,18-19H,8H2,1-7H3,(H,24,25)(H,26,27). The number of hydrogen-bond donors (Lipinski definition) is 2. The second-order valence-electron chi connectivity index (χ2n) is 8.73. The normalized spacial score (nSPS) is 22.9. The molecule has 7 nitrogen and oxygen atoms in total. The van der Waals surface area contributed by atoms with Gasteiger partial charge in [0.2, 0.25) is 5.75 Å².